The van der Waals surface area contributed by atoms with Crippen LogP contribution in [0.2, 0.25) is 0 Å². The minimum absolute atomic E-state index is 0.0494. The van der Waals surface area contributed by atoms with Crippen LogP contribution in [-0.4, -0.2) is 29.1 Å². The van der Waals surface area contributed by atoms with E-state index in [0.29, 0.717) is 11.4 Å². The predicted molar refractivity (Wildman–Crippen MR) is 99.4 cm³/mol. The van der Waals surface area contributed by atoms with Gasteiger partial charge in [-0.05, 0) is 19.1 Å². The molecule has 25 heavy (non-hydrogen) atoms. The number of rotatable bonds is 4. The van der Waals surface area contributed by atoms with Crippen LogP contribution < -0.4 is 10.2 Å². The molecule has 0 aliphatic rings. The van der Waals surface area contributed by atoms with Crippen LogP contribution in [0.3, 0.4) is 0 Å². The average Bonchev–Trinajstić information content (AvgIpc) is 3.01. The van der Waals surface area contributed by atoms with Crippen LogP contribution >= 0.6 is 0 Å². The van der Waals surface area contributed by atoms with Gasteiger partial charge in [0.2, 0.25) is 5.91 Å². The number of nitriles is 1. The van der Waals surface area contributed by atoms with Gasteiger partial charge in [-0.15, -0.1) is 0 Å². The van der Waals surface area contributed by atoms with Gasteiger partial charge in [-0.3, -0.25) is 9.36 Å². The van der Waals surface area contributed by atoms with Crippen LogP contribution in [0.5, 0.6) is 0 Å². The van der Waals surface area contributed by atoms with Gasteiger partial charge < -0.3 is 10.2 Å². The Kier molecular flexibility index (Phi) is 4.40. The zero-order valence-corrected chi connectivity index (χ0v) is 14.4. The zero-order valence-electron chi connectivity index (χ0n) is 14.4. The van der Waals surface area contributed by atoms with E-state index in [0.717, 1.165) is 28.8 Å². The van der Waals surface area contributed by atoms with Crippen molar-refractivity contribution >= 4 is 34.0 Å². The Hall–Kier alpha value is -3.33. The quantitative estimate of drug-likeness (QED) is 0.787. The molecule has 0 saturated carbocycles. The molecule has 2 aromatic heterocycles. The number of hydrogen-bond donors (Lipinski definition) is 1. The first-order chi connectivity index (χ1) is 12.1. The number of benzene rings is 1. The normalized spacial score (nSPS) is 10.5. The van der Waals surface area contributed by atoms with Gasteiger partial charge in [0.1, 0.15) is 11.9 Å². The van der Waals surface area contributed by atoms with E-state index in [4.69, 9.17) is 0 Å². The van der Waals surface area contributed by atoms with E-state index in [-0.39, 0.29) is 5.91 Å². The summed E-state index contributed by atoms with van der Waals surface area (Å²) >= 11 is 0. The van der Waals surface area contributed by atoms with Crippen molar-refractivity contribution < 1.29 is 4.79 Å². The molecule has 0 radical (unpaired) electrons. The second kappa shape index (κ2) is 6.65. The fourth-order valence-corrected chi connectivity index (χ4v) is 2.89. The van der Waals surface area contributed by atoms with E-state index in [9.17, 15) is 10.1 Å². The van der Waals surface area contributed by atoms with Crippen LogP contribution in [0, 0.1) is 11.3 Å². The van der Waals surface area contributed by atoms with E-state index in [1.165, 1.54) is 6.92 Å². The summed E-state index contributed by atoms with van der Waals surface area (Å²) in [7, 11) is 1.91. The van der Waals surface area contributed by atoms with Crippen molar-refractivity contribution in [3.63, 3.8) is 0 Å². The number of carbonyl (C=O) groups is 1. The zero-order chi connectivity index (χ0) is 18.0. The number of pyridine rings is 1. The molecule has 2 heterocycles. The predicted octanol–water partition coefficient (Wildman–Crippen LogP) is 3.77. The fraction of sp³-hybridized carbons (Fsp3) is 0.211. The Labute approximate surface area is 146 Å². The third-order valence-corrected chi connectivity index (χ3v) is 4.09. The van der Waals surface area contributed by atoms with Gasteiger partial charge in [0, 0.05) is 38.3 Å². The second-order valence-electron chi connectivity index (χ2n) is 5.71. The van der Waals surface area contributed by atoms with Gasteiger partial charge in [0.05, 0.1) is 22.5 Å². The molecule has 0 saturated heterocycles. The first kappa shape index (κ1) is 16.5. The number of nitrogens with zero attached hydrogens (tertiary/aromatic N) is 4. The smallest absolute Gasteiger partial charge is 0.228 e. The highest BCUT2D eigenvalue weighted by Gasteiger charge is 2.18. The number of nitrogens with one attached hydrogen (secondary N) is 1. The van der Waals surface area contributed by atoms with Crippen molar-refractivity contribution in [2.24, 2.45) is 0 Å². The molecule has 0 aliphatic carbocycles. The summed E-state index contributed by atoms with van der Waals surface area (Å²) in [4.78, 5) is 18.3. The molecule has 0 aliphatic heterocycles. The minimum atomic E-state index is -0.0494. The molecule has 1 N–H and O–H groups in total. The van der Waals surface area contributed by atoms with Crippen molar-refractivity contribution in [2.75, 3.05) is 23.8 Å². The van der Waals surface area contributed by atoms with Gasteiger partial charge in [0.15, 0.2) is 0 Å². The number of fused-ring (bicyclic) bond motifs is 1. The monoisotopic (exact) mass is 333 g/mol. The van der Waals surface area contributed by atoms with E-state index >= 15 is 0 Å². The van der Waals surface area contributed by atoms with E-state index in [1.54, 1.807) is 16.8 Å². The maximum absolute atomic E-state index is 12.0. The maximum Gasteiger partial charge on any atom is 0.228 e. The molecule has 3 rings (SSSR count). The average molecular weight is 333 g/mol. The Morgan fingerprint density at radius 3 is 2.80 bits per heavy atom. The van der Waals surface area contributed by atoms with Gasteiger partial charge in [-0.2, -0.15) is 5.26 Å². The Morgan fingerprint density at radius 2 is 2.12 bits per heavy atom. The van der Waals surface area contributed by atoms with Crippen molar-refractivity contribution in [3.05, 3.63) is 48.3 Å². The molecule has 1 aromatic carbocycles. The molecule has 0 amide bonds. The molecule has 0 atom stereocenters. The van der Waals surface area contributed by atoms with Crippen molar-refractivity contribution in [1.29, 1.82) is 5.26 Å². The SMILES string of the molecule is CCNc1ncc(C#N)cc1N(C)c1cn(C(C)=O)c2ccccc12. The summed E-state index contributed by atoms with van der Waals surface area (Å²) in [6, 6.07) is 11.7. The molecule has 126 valence electrons. The molecule has 6 nitrogen and oxygen atoms in total. The molecule has 0 spiro atoms. The first-order valence-electron chi connectivity index (χ1n) is 8.05. The maximum atomic E-state index is 12.0. The Bertz CT molecular complexity index is 983. The molecule has 0 unspecified atom stereocenters. The fourth-order valence-electron chi connectivity index (χ4n) is 2.89. The summed E-state index contributed by atoms with van der Waals surface area (Å²) in [6.07, 6.45) is 3.37. The van der Waals surface area contributed by atoms with Crippen LogP contribution in [0.25, 0.3) is 10.9 Å². The topological polar surface area (TPSA) is 74.0 Å². The number of hydrogen-bond acceptors (Lipinski definition) is 5. The number of para-hydroxylation sites is 1. The first-order valence-corrected chi connectivity index (χ1v) is 8.05. The highest BCUT2D eigenvalue weighted by atomic mass is 16.1. The number of aromatic nitrogens is 2. The molecule has 3 aromatic rings. The van der Waals surface area contributed by atoms with Crippen LogP contribution in [0.1, 0.15) is 24.2 Å². The lowest BCUT2D eigenvalue weighted by molar-refractivity contribution is 0.0941. The third kappa shape index (κ3) is 2.92. The molecular formula is C19H19N5O. The van der Waals surface area contributed by atoms with Gasteiger partial charge in [-0.25, -0.2) is 4.98 Å². The molecule has 0 bridgehead atoms. The van der Waals surface area contributed by atoms with E-state index < -0.39 is 0 Å². The summed E-state index contributed by atoms with van der Waals surface area (Å²) in [5.74, 6) is 0.648. The third-order valence-electron chi connectivity index (χ3n) is 4.09. The van der Waals surface area contributed by atoms with Crippen molar-refractivity contribution in [1.82, 2.24) is 9.55 Å². The lowest BCUT2D eigenvalue weighted by atomic mass is 10.2. The summed E-state index contributed by atoms with van der Waals surface area (Å²) in [5.41, 5.74) is 3.00. The van der Waals surface area contributed by atoms with Gasteiger partial charge in [-0.1, -0.05) is 18.2 Å². The lowest BCUT2D eigenvalue weighted by Gasteiger charge is -2.21. The van der Waals surface area contributed by atoms with Crippen molar-refractivity contribution in [3.8, 4) is 6.07 Å². The highest BCUT2D eigenvalue weighted by molar-refractivity contribution is 6.01. The molecule has 0 fully saturated rings. The molecular weight excluding hydrogens is 314 g/mol. The number of anilines is 3. The Balaban J connectivity index is 2.19. The van der Waals surface area contributed by atoms with Gasteiger partial charge in [0.25, 0.3) is 0 Å². The second-order valence-corrected chi connectivity index (χ2v) is 5.71. The summed E-state index contributed by atoms with van der Waals surface area (Å²) in [5, 5.41) is 13.4. The Morgan fingerprint density at radius 1 is 1.36 bits per heavy atom. The van der Waals surface area contributed by atoms with Crippen LogP contribution in [0.15, 0.2) is 42.7 Å². The largest absolute Gasteiger partial charge is 0.369 e. The summed E-state index contributed by atoms with van der Waals surface area (Å²) < 4.78 is 1.63. The van der Waals surface area contributed by atoms with Gasteiger partial charge >= 0.3 is 0 Å². The van der Waals surface area contributed by atoms with Crippen LogP contribution in [-0.2, 0) is 0 Å². The van der Waals surface area contributed by atoms with E-state index in [2.05, 4.69) is 16.4 Å². The standard InChI is InChI=1S/C19H19N5O/c1-4-21-19-17(9-14(10-20)11-22-19)23(3)18-12-24(13(2)25)16-8-6-5-7-15(16)18/h5-9,11-12H,4H2,1-3H3,(H,21,22). The van der Waals surface area contributed by atoms with E-state index in [1.807, 2.05) is 49.3 Å². The number of carbonyl (C=O) groups excluding carboxylic acids is 1. The minimum Gasteiger partial charge on any atom is -0.369 e. The highest BCUT2D eigenvalue weighted by Crippen LogP contribution is 2.36. The lowest BCUT2D eigenvalue weighted by Crippen LogP contribution is -2.14. The molecule has 6 heteroatoms. The van der Waals surface area contributed by atoms with Crippen LogP contribution in [0.4, 0.5) is 17.2 Å². The summed E-state index contributed by atoms with van der Waals surface area (Å²) in [6.45, 7) is 4.25. The van der Waals surface area contributed by atoms with Crippen molar-refractivity contribution in [2.45, 2.75) is 13.8 Å².